The Bertz CT molecular complexity index is 965. The van der Waals surface area contributed by atoms with E-state index < -0.39 is 0 Å². The highest BCUT2D eigenvalue weighted by Gasteiger charge is 2.07. The van der Waals surface area contributed by atoms with E-state index in [1.54, 1.807) is 25.4 Å². The van der Waals surface area contributed by atoms with Crippen molar-refractivity contribution in [1.29, 1.82) is 0 Å². The number of methoxy groups -OCH3 is 1. The van der Waals surface area contributed by atoms with Crippen molar-refractivity contribution in [2.24, 2.45) is 0 Å². The molecule has 2 N–H and O–H groups in total. The van der Waals surface area contributed by atoms with Gasteiger partial charge in [0.05, 0.1) is 31.7 Å². The Morgan fingerprint density at radius 2 is 1.80 bits per heavy atom. The maximum atomic E-state index is 11.7. The minimum atomic E-state index is -0.312. The number of carbonyl (C=O) groups is 1. The predicted molar refractivity (Wildman–Crippen MR) is 114 cm³/mol. The largest absolute Gasteiger partial charge is 0.491 e. The Morgan fingerprint density at radius 3 is 2.57 bits per heavy atom. The summed E-state index contributed by atoms with van der Waals surface area (Å²) in [5, 5.41) is 5.33. The number of pyridine rings is 1. The molecule has 0 fully saturated rings. The number of urea groups is 1. The third-order valence-electron chi connectivity index (χ3n) is 4.06. The first-order valence-corrected chi connectivity index (χ1v) is 9.68. The van der Waals surface area contributed by atoms with Crippen LogP contribution < -0.4 is 15.4 Å². The van der Waals surface area contributed by atoms with Crippen LogP contribution in [0.25, 0.3) is 22.4 Å². The quantitative estimate of drug-likeness (QED) is 0.494. The lowest BCUT2D eigenvalue weighted by Gasteiger charge is -2.08. The summed E-state index contributed by atoms with van der Waals surface area (Å²) in [6.07, 6.45) is 1.69. The van der Waals surface area contributed by atoms with E-state index in [1.807, 2.05) is 31.2 Å². The van der Waals surface area contributed by atoms with E-state index in [-0.39, 0.29) is 6.03 Å². The minimum Gasteiger partial charge on any atom is -0.491 e. The summed E-state index contributed by atoms with van der Waals surface area (Å²) in [6, 6.07) is 10.7. The van der Waals surface area contributed by atoms with Crippen LogP contribution >= 0.6 is 0 Å². The second-order valence-electron chi connectivity index (χ2n) is 6.26. The molecule has 2 heterocycles. The Kier molecular flexibility index (Phi) is 7.87. The zero-order valence-electron chi connectivity index (χ0n) is 17.1. The number of ether oxygens (including phenoxy) is 3. The molecular weight excluding hydrogens is 386 g/mol. The summed E-state index contributed by atoms with van der Waals surface area (Å²) in [6.45, 7) is 4.46. The molecule has 0 aliphatic heterocycles. The van der Waals surface area contributed by atoms with Crippen molar-refractivity contribution in [3.8, 4) is 17.0 Å². The molecule has 0 aliphatic carbocycles. The average molecular weight is 411 g/mol. The molecule has 30 heavy (non-hydrogen) atoms. The van der Waals surface area contributed by atoms with Crippen LogP contribution in [-0.2, 0) is 9.47 Å². The van der Waals surface area contributed by atoms with Gasteiger partial charge in [-0.25, -0.2) is 14.8 Å². The molecule has 3 rings (SSSR count). The normalized spacial score (nSPS) is 10.7. The molecule has 2 aromatic heterocycles. The van der Waals surface area contributed by atoms with Crippen molar-refractivity contribution in [3.63, 3.8) is 0 Å². The van der Waals surface area contributed by atoms with Gasteiger partial charge in [-0.05, 0) is 43.3 Å². The SMILES string of the molecule is CCNC(=O)Nc1ccc2ncc(-c3ccc(OCCOCCOC)cc3)nc2n1. The number of anilines is 1. The van der Waals surface area contributed by atoms with Gasteiger partial charge in [0.1, 0.15) is 23.7 Å². The molecule has 0 unspecified atom stereocenters. The highest BCUT2D eigenvalue weighted by molar-refractivity contribution is 5.89. The lowest BCUT2D eigenvalue weighted by Crippen LogP contribution is -2.28. The average Bonchev–Trinajstić information content (AvgIpc) is 2.76. The Hall–Kier alpha value is -3.30. The molecule has 3 aromatic rings. The first-order valence-electron chi connectivity index (χ1n) is 9.68. The van der Waals surface area contributed by atoms with E-state index in [0.717, 1.165) is 11.3 Å². The van der Waals surface area contributed by atoms with Gasteiger partial charge in [-0.15, -0.1) is 0 Å². The second-order valence-corrected chi connectivity index (χ2v) is 6.26. The summed E-state index contributed by atoms with van der Waals surface area (Å²) >= 11 is 0. The van der Waals surface area contributed by atoms with Gasteiger partial charge in [-0.3, -0.25) is 10.3 Å². The Morgan fingerprint density at radius 1 is 1.00 bits per heavy atom. The summed E-state index contributed by atoms with van der Waals surface area (Å²) in [5.74, 6) is 1.16. The van der Waals surface area contributed by atoms with Gasteiger partial charge in [0.15, 0.2) is 5.65 Å². The van der Waals surface area contributed by atoms with Gasteiger partial charge in [0, 0.05) is 19.2 Å². The summed E-state index contributed by atoms with van der Waals surface area (Å²) < 4.78 is 16.0. The summed E-state index contributed by atoms with van der Waals surface area (Å²) in [7, 11) is 1.64. The molecule has 0 spiro atoms. The first-order chi connectivity index (χ1) is 14.7. The second kappa shape index (κ2) is 11.0. The van der Waals surface area contributed by atoms with Gasteiger partial charge in [-0.2, -0.15) is 0 Å². The van der Waals surface area contributed by atoms with E-state index in [4.69, 9.17) is 14.2 Å². The Labute approximate surface area is 174 Å². The van der Waals surface area contributed by atoms with Crippen molar-refractivity contribution >= 4 is 23.0 Å². The predicted octanol–water partition coefficient (Wildman–Crippen LogP) is 2.88. The highest BCUT2D eigenvalue weighted by atomic mass is 16.5. The lowest BCUT2D eigenvalue weighted by molar-refractivity contribution is 0.0544. The van der Waals surface area contributed by atoms with Crippen LogP contribution in [0, 0.1) is 0 Å². The van der Waals surface area contributed by atoms with Crippen molar-refractivity contribution in [1.82, 2.24) is 20.3 Å². The maximum absolute atomic E-state index is 11.7. The fraction of sp³-hybridized carbons (Fsp3) is 0.333. The van der Waals surface area contributed by atoms with Gasteiger partial charge < -0.3 is 19.5 Å². The molecule has 0 aliphatic rings. The number of nitrogens with one attached hydrogen (secondary N) is 2. The molecule has 9 nitrogen and oxygen atoms in total. The van der Waals surface area contributed by atoms with Crippen LogP contribution in [0.4, 0.5) is 10.6 Å². The summed E-state index contributed by atoms with van der Waals surface area (Å²) in [4.78, 5) is 25.1. The minimum absolute atomic E-state index is 0.312. The lowest BCUT2D eigenvalue weighted by atomic mass is 10.1. The zero-order chi connectivity index (χ0) is 21.2. The van der Waals surface area contributed by atoms with Crippen LogP contribution in [-0.4, -0.2) is 61.1 Å². The fourth-order valence-electron chi connectivity index (χ4n) is 2.61. The van der Waals surface area contributed by atoms with Crippen LogP contribution in [0.1, 0.15) is 6.92 Å². The van der Waals surface area contributed by atoms with Crippen molar-refractivity contribution in [2.45, 2.75) is 6.92 Å². The number of hydrogen-bond acceptors (Lipinski definition) is 7. The number of carbonyl (C=O) groups excluding carboxylic acids is 1. The third-order valence-corrected chi connectivity index (χ3v) is 4.06. The first kappa shape index (κ1) is 21.4. The zero-order valence-corrected chi connectivity index (χ0v) is 17.1. The van der Waals surface area contributed by atoms with E-state index in [2.05, 4.69) is 25.6 Å². The molecule has 0 radical (unpaired) electrons. The van der Waals surface area contributed by atoms with Crippen molar-refractivity contribution in [3.05, 3.63) is 42.6 Å². The number of fused-ring (bicyclic) bond motifs is 1. The molecule has 1 aromatic carbocycles. The molecule has 0 saturated heterocycles. The number of aromatic nitrogens is 3. The maximum Gasteiger partial charge on any atom is 0.320 e. The van der Waals surface area contributed by atoms with E-state index in [9.17, 15) is 4.79 Å². The molecular formula is C21H25N5O4. The van der Waals surface area contributed by atoms with Crippen LogP contribution in [0.2, 0.25) is 0 Å². The van der Waals surface area contributed by atoms with Crippen molar-refractivity contribution in [2.75, 3.05) is 45.4 Å². The third kappa shape index (κ3) is 6.10. The molecule has 9 heteroatoms. The van der Waals surface area contributed by atoms with Gasteiger partial charge in [0.2, 0.25) is 0 Å². The smallest absolute Gasteiger partial charge is 0.320 e. The number of amides is 2. The van der Waals surface area contributed by atoms with Gasteiger partial charge in [0.25, 0.3) is 0 Å². The topological polar surface area (TPSA) is 107 Å². The highest BCUT2D eigenvalue weighted by Crippen LogP contribution is 2.22. The van der Waals surface area contributed by atoms with E-state index in [1.165, 1.54) is 0 Å². The van der Waals surface area contributed by atoms with E-state index in [0.29, 0.717) is 55.6 Å². The van der Waals surface area contributed by atoms with Crippen LogP contribution in [0.5, 0.6) is 5.75 Å². The van der Waals surface area contributed by atoms with Crippen LogP contribution in [0.15, 0.2) is 42.6 Å². The Balaban J connectivity index is 1.64. The monoisotopic (exact) mass is 411 g/mol. The van der Waals surface area contributed by atoms with Gasteiger partial charge in [-0.1, -0.05) is 0 Å². The molecule has 0 atom stereocenters. The molecule has 0 bridgehead atoms. The van der Waals surface area contributed by atoms with Crippen molar-refractivity contribution < 1.29 is 19.0 Å². The standard InChI is InChI=1S/C21H25N5O4/c1-3-22-21(27)26-19-9-8-17-20(25-19)24-18(14-23-17)15-4-6-16(7-5-15)30-13-12-29-11-10-28-2/h4-9,14H,3,10-13H2,1-2H3,(H2,22,24,25,26,27). The fourth-order valence-corrected chi connectivity index (χ4v) is 2.61. The molecule has 2 amide bonds. The summed E-state index contributed by atoms with van der Waals surface area (Å²) in [5.41, 5.74) is 2.67. The number of rotatable bonds is 10. The number of hydrogen-bond donors (Lipinski definition) is 2. The number of nitrogens with zero attached hydrogens (tertiary/aromatic N) is 3. The van der Waals surface area contributed by atoms with E-state index >= 15 is 0 Å². The van der Waals surface area contributed by atoms with Gasteiger partial charge >= 0.3 is 6.03 Å². The molecule has 158 valence electrons. The molecule has 0 saturated carbocycles. The number of benzene rings is 1. The van der Waals surface area contributed by atoms with Crippen LogP contribution in [0.3, 0.4) is 0 Å².